The Morgan fingerprint density at radius 1 is 0.973 bits per heavy atom. The predicted molar refractivity (Wildman–Crippen MR) is 144 cm³/mol. The largest absolute Gasteiger partial charge is 0.497 e. The Morgan fingerprint density at radius 2 is 1.70 bits per heavy atom. The standard InChI is InChI=1S/C27H27ClN2O6S/c1-15-23(35-3)9-8-20-22(14-29-25(15)20)27(31)26(21-7-6-16(28)10-24(21)36-4)30-17-11-18(34-2)13-19(12-17)37(5,32)33/h6-14,26,29-30H,1-5H3. The van der Waals surface area contributed by atoms with E-state index in [9.17, 15) is 13.2 Å². The molecule has 2 N–H and O–H groups in total. The van der Waals surface area contributed by atoms with Crippen LogP contribution in [0.25, 0.3) is 10.9 Å². The molecule has 0 fully saturated rings. The van der Waals surface area contributed by atoms with Gasteiger partial charge in [-0.25, -0.2) is 8.42 Å². The number of rotatable bonds is 9. The number of hydrogen-bond donors (Lipinski definition) is 2. The molecule has 4 aromatic rings. The van der Waals surface area contributed by atoms with Gasteiger partial charge in [0.05, 0.1) is 31.7 Å². The molecule has 0 saturated carbocycles. The fourth-order valence-corrected chi connectivity index (χ4v) is 5.10. The second kappa shape index (κ2) is 10.4. The van der Waals surface area contributed by atoms with Gasteiger partial charge in [0.2, 0.25) is 0 Å². The number of aromatic amines is 1. The molecule has 3 aromatic carbocycles. The van der Waals surface area contributed by atoms with Gasteiger partial charge in [0.25, 0.3) is 0 Å². The Bertz CT molecular complexity index is 1600. The van der Waals surface area contributed by atoms with Crippen LogP contribution in [0.2, 0.25) is 5.02 Å². The number of carbonyl (C=O) groups is 1. The summed E-state index contributed by atoms with van der Waals surface area (Å²) in [6, 6.07) is 12.2. The summed E-state index contributed by atoms with van der Waals surface area (Å²) in [5, 5.41) is 4.38. The quantitative estimate of drug-likeness (QED) is 0.265. The summed E-state index contributed by atoms with van der Waals surface area (Å²) in [5.74, 6) is 1.17. The van der Waals surface area contributed by atoms with Crippen molar-refractivity contribution in [1.82, 2.24) is 4.98 Å². The Balaban J connectivity index is 1.88. The number of aromatic nitrogens is 1. The molecule has 0 aliphatic rings. The number of methoxy groups -OCH3 is 3. The van der Waals surface area contributed by atoms with Crippen LogP contribution in [0.5, 0.6) is 17.2 Å². The number of halogens is 1. The average molecular weight is 543 g/mol. The number of anilines is 1. The van der Waals surface area contributed by atoms with Gasteiger partial charge in [0.15, 0.2) is 15.6 Å². The number of Topliss-reactive ketones (excluding diaryl/α,β-unsaturated/α-hetero) is 1. The van der Waals surface area contributed by atoms with Gasteiger partial charge in [-0.3, -0.25) is 4.79 Å². The molecule has 1 unspecified atom stereocenters. The number of hydrogen-bond acceptors (Lipinski definition) is 7. The first-order valence-corrected chi connectivity index (χ1v) is 13.5. The highest BCUT2D eigenvalue weighted by molar-refractivity contribution is 7.90. The second-order valence-corrected chi connectivity index (χ2v) is 11.0. The molecule has 8 nitrogen and oxygen atoms in total. The van der Waals surface area contributed by atoms with Gasteiger partial charge < -0.3 is 24.5 Å². The van der Waals surface area contributed by atoms with Gasteiger partial charge in [-0.2, -0.15) is 0 Å². The van der Waals surface area contributed by atoms with Crippen LogP contribution in [0.4, 0.5) is 5.69 Å². The summed E-state index contributed by atoms with van der Waals surface area (Å²) < 4.78 is 40.9. The SMILES string of the molecule is COc1cc(NC(C(=O)c2c[nH]c3c(C)c(OC)ccc23)c2ccc(Cl)cc2OC)cc(S(C)(=O)=O)c1. The van der Waals surface area contributed by atoms with Crippen molar-refractivity contribution in [2.75, 3.05) is 32.9 Å². The molecule has 0 aliphatic carbocycles. The summed E-state index contributed by atoms with van der Waals surface area (Å²) in [6.07, 6.45) is 2.77. The van der Waals surface area contributed by atoms with Crippen LogP contribution in [-0.4, -0.2) is 46.8 Å². The molecule has 0 spiro atoms. The first kappa shape index (κ1) is 26.4. The first-order valence-electron chi connectivity index (χ1n) is 11.3. The van der Waals surface area contributed by atoms with Crippen molar-refractivity contribution < 1.29 is 27.4 Å². The number of ketones is 1. The van der Waals surface area contributed by atoms with Crippen LogP contribution in [0, 0.1) is 6.92 Å². The van der Waals surface area contributed by atoms with Gasteiger partial charge in [0.1, 0.15) is 23.3 Å². The van der Waals surface area contributed by atoms with Gasteiger partial charge in [-0.05, 0) is 43.3 Å². The lowest BCUT2D eigenvalue weighted by atomic mass is 9.95. The monoisotopic (exact) mass is 542 g/mol. The Morgan fingerprint density at radius 3 is 2.35 bits per heavy atom. The second-order valence-electron chi connectivity index (χ2n) is 8.51. The van der Waals surface area contributed by atoms with Crippen LogP contribution in [-0.2, 0) is 9.84 Å². The van der Waals surface area contributed by atoms with Crippen LogP contribution in [0.15, 0.2) is 59.6 Å². The van der Waals surface area contributed by atoms with E-state index in [0.717, 1.165) is 22.7 Å². The minimum atomic E-state index is -3.54. The number of ether oxygens (including phenoxy) is 3. The summed E-state index contributed by atoms with van der Waals surface area (Å²) in [6.45, 7) is 1.91. The van der Waals surface area contributed by atoms with Crippen molar-refractivity contribution in [3.05, 3.63) is 76.4 Å². The van der Waals surface area contributed by atoms with E-state index in [2.05, 4.69) is 10.3 Å². The molecular formula is C27H27ClN2O6S. The van der Waals surface area contributed by atoms with Crippen molar-refractivity contribution >= 4 is 43.8 Å². The average Bonchev–Trinajstić information content (AvgIpc) is 3.31. The van der Waals surface area contributed by atoms with E-state index < -0.39 is 15.9 Å². The normalized spacial score (nSPS) is 12.3. The Kier molecular flexibility index (Phi) is 7.38. The Labute approximate surface area is 220 Å². The van der Waals surface area contributed by atoms with Crippen LogP contribution in [0.3, 0.4) is 0 Å². The summed E-state index contributed by atoms with van der Waals surface area (Å²) in [5.41, 5.74) is 3.01. The number of benzene rings is 3. The smallest absolute Gasteiger partial charge is 0.191 e. The summed E-state index contributed by atoms with van der Waals surface area (Å²) >= 11 is 6.19. The van der Waals surface area contributed by atoms with E-state index >= 15 is 0 Å². The number of nitrogens with one attached hydrogen (secondary N) is 2. The van der Waals surface area contributed by atoms with Crippen molar-refractivity contribution in [3.63, 3.8) is 0 Å². The highest BCUT2D eigenvalue weighted by Crippen LogP contribution is 2.37. The minimum absolute atomic E-state index is 0.0541. The topological polar surface area (TPSA) is 107 Å². The molecule has 0 amide bonds. The van der Waals surface area contributed by atoms with E-state index in [0.29, 0.717) is 39.1 Å². The molecule has 1 aromatic heterocycles. The van der Waals surface area contributed by atoms with Crippen molar-refractivity contribution in [2.45, 2.75) is 17.9 Å². The van der Waals surface area contributed by atoms with Gasteiger partial charge >= 0.3 is 0 Å². The van der Waals surface area contributed by atoms with Crippen LogP contribution >= 0.6 is 11.6 Å². The number of aryl methyl sites for hydroxylation is 1. The molecule has 0 saturated heterocycles. The van der Waals surface area contributed by atoms with E-state index in [-0.39, 0.29) is 10.7 Å². The zero-order valence-corrected chi connectivity index (χ0v) is 22.6. The van der Waals surface area contributed by atoms with E-state index in [1.165, 1.54) is 26.4 Å². The van der Waals surface area contributed by atoms with E-state index in [1.807, 2.05) is 19.1 Å². The van der Waals surface area contributed by atoms with Crippen molar-refractivity contribution in [1.29, 1.82) is 0 Å². The van der Waals surface area contributed by atoms with Crippen LogP contribution in [0.1, 0.15) is 27.5 Å². The lowest BCUT2D eigenvalue weighted by Gasteiger charge is -2.22. The fraction of sp³-hybridized carbons (Fsp3) is 0.222. The number of sulfone groups is 1. The van der Waals surface area contributed by atoms with E-state index in [1.54, 1.807) is 37.6 Å². The maximum Gasteiger partial charge on any atom is 0.191 e. The fourth-order valence-electron chi connectivity index (χ4n) is 4.27. The number of fused-ring (bicyclic) bond motifs is 1. The summed E-state index contributed by atoms with van der Waals surface area (Å²) in [7, 11) is 0.982. The van der Waals surface area contributed by atoms with Crippen molar-refractivity contribution in [2.24, 2.45) is 0 Å². The van der Waals surface area contributed by atoms with Gasteiger partial charge in [-0.1, -0.05) is 17.7 Å². The molecule has 37 heavy (non-hydrogen) atoms. The van der Waals surface area contributed by atoms with Gasteiger partial charge in [-0.15, -0.1) is 0 Å². The minimum Gasteiger partial charge on any atom is -0.497 e. The lowest BCUT2D eigenvalue weighted by Crippen LogP contribution is -2.22. The highest BCUT2D eigenvalue weighted by Gasteiger charge is 2.28. The van der Waals surface area contributed by atoms with Gasteiger partial charge in [0, 0.05) is 51.3 Å². The maximum absolute atomic E-state index is 14.1. The molecule has 4 rings (SSSR count). The molecule has 1 heterocycles. The zero-order valence-electron chi connectivity index (χ0n) is 21.0. The third-order valence-electron chi connectivity index (χ3n) is 6.18. The predicted octanol–water partition coefficient (Wildman–Crippen LogP) is 5.60. The first-order chi connectivity index (χ1) is 17.6. The molecular weight excluding hydrogens is 516 g/mol. The van der Waals surface area contributed by atoms with E-state index in [4.69, 9.17) is 25.8 Å². The van der Waals surface area contributed by atoms with Crippen LogP contribution < -0.4 is 19.5 Å². The number of carbonyl (C=O) groups excluding carboxylic acids is 1. The molecule has 1 atom stereocenters. The third kappa shape index (κ3) is 5.23. The maximum atomic E-state index is 14.1. The molecule has 10 heteroatoms. The Hall–Kier alpha value is -3.69. The number of H-pyrrole nitrogens is 1. The lowest BCUT2D eigenvalue weighted by molar-refractivity contribution is 0.0970. The third-order valence-corrected chi connectivity index (χ3v) is 7.50. The molecule has 0 aliphatic heterocycles. The molecule has 0 radical (unpaired) electrons. The molecule has 194 valence electrons. The summed E-state index contributed by atoms with van der Waals surface area (Å²) in [4.78, 5) is 17.4. The van der Waals surface area contributed by atoms with Crippen molar-refractivity contribution in [3.8, 4) is 17.2 Å². The zero-order chi connectivity index (χ0) is 26.9. The molecule has 0 bridgehead atoms. The highest BCUT2D eigenvalue weighted by atomic mass is 35.5.